The number of aliphatic hydroxyl groups excluding tert-OH is 3. The summed E-state index contributed by atoms with van der Waals surface area (Å²) in [6, 6.07) is -15.7. The SMILES string of the molecule is CCCCCCCCCCCC(O)CC(=O)N[C@@H](CC(C)C)C(=O)N[C@H](CCC(=O)O)C(=O)N[C@H]1C(=O)N[C@H]([C@@H](C)CC)C(=O)N[C@@H](CC(C)C)C(=O)N[C@H](CO)C(=O)N[C@@H](CC(C)C)C(=O)N[C@@H](CC(C)C)C(=O)N[C@H](CO)C(=O)N[C@@H](C(C)C)C(=O)O[C@@H]1C. The van der Waals surface area contributed by atoms with E-state index in [9.17, 15) is 78.0 Å². The smallest absolute Gasteiger partial charge is 0.329 e. The first-order valence-corrected chi connectivity index (χ1v) is 33.0. The summed E-state index contributed by atoms with van der Waals surface area (Å²) in [5.41, 5.74) is 0. The minimum absolute atomic E-state index is 0.00513. The summed E-state index contributed by atoms with van der Waals surface area (Å²) < 4.78 is 5.85. The molecule has 0 radical (unpaired) electrons. The molecule has 0 aliphatic carbocycles. The molecule has 0 aromatic heterocycles. The molecule has 0 bridgehead atoms. The van der Waals surface area contributed by atoms with Crippen molar-refractivity contribution in [2.75, 3.05) is 13.2 Å². The van der Waals surface area contributed by atoms with Crippen LogP contribution >= 0.6 is 0 Å². The van der Waals surface area contributed by atoms with Crippen molar-refractivity contribution >= 4 is 71.0 Å². The van der Waals surface area contributed by atoms with Crippen molar-refractivity contribution in [3.05, 3.63) is 0 Å². The van der Waals surface area contributed by atoms with Crippen molar-refractivity contribution in [2.24, 2.45) is 35.5 Å². The zero-order chi connectivity index (χ0) is 69.2. The molecule has 1 heterocycles. The van der Waals surface area contributed by atoms with Gasteiger partial charge in [0.25, 0.3) is 0 Å². The number of ether oxygens (including phenoxy) is 1. The van der Waals surface area contributed by atoms with Crippen LogP contribution in [0.4, 0.5) is 0 Å². The number of hydrogen-bond acceptors (Lipinski definition) is 16. The van der Waals surface area contributed by atoms with Gasteiger partial charge in [-0.1, -0.05) is 154 Å². The molecule has 13 atom stereocenters. The Kier molecular flexibility index (Phi) is 39.3. The monoisotopic (exact) mass is 1290 g/mol. The van der Waals surface area contributed by atoms with Crippen LogP contribution in [0, 0.1) is 35.5 Å². The lowest BCUT2D eigenvalue weighted by Gasteiger charge is -2.32. The number of nitrogens with one attached hydrogen (secondary N) is 10. The van der Waals surface area contributed by atoms with Gasteiger partial charge in [0.15, 0.2) is 0 Å². The van der Waals surface area contributed by atoms with Crippen LogP contribution in [0.1, 0.15) is 213 Å². The predicted molar refractivity (Wildman–Crippen MR) is 340 cm³/mol. The average molecular weight is 1300 g/mol. The second-order valence-electron chi connectivity index (χ2n) is 26.5. The minimum Gasteiger partial charge on any atom is -0.481 e. The van der Waals surface area contributed by atoms with Gasteiger partial charge in [-0.2, -0.15) is 0 Å². The fraction of sp³-hybridized carbons (Fsp3) is 0.812. The van der Waals surface area contributed by atoms with E-state index in [0.717, 1.165) is 32.1 Å². The maximum absolute atomic E-state index is 15.0. The van der Waals surface area contributed by atoms with Gasteiger partial charge in [-0.15, -0.1) is 0 Å². The molecular weight excluding hydrogens is 1180 g/mol. The van der Waals surface area contributed by atoms with Gasteiger partial charge < -0.3 is 78.3 Å². The van der Waals surface area contributed by atoms with E-state index in [0.29, 0.717) is 12.8 Å². The quantitative estimate of drug-likeness (QED) is 0.0331. The highest BCUT2D eigenvalue weighted by molar-refractivity contribution is 5.99. The zero-order valence-corrected chi connectivity index (χ0v) is 56.6. The van der Waals surface area contributed by atoms with Crippen LogP contribution < -0.4 is 53.2 Å². The van der Waals surface area contributed by atoms with Crippen molar-refractivity contribution in [3.8, 4) is 0 Å². The number of rotatable bonds is 33. The Hall–Kier alpha value is -6.48. The summed E-state index contributed by atoms with van der Waals surface area (Å²) in [5.74, 6) is -14.7. The molecule has 0 saturated carbocycles. The lowest BCUT2D eigenvalue weighted by atomic mass is 9.96. The highest BCUT2D eigenvalue weighted by atomic mass is 16.5. The molecular formula is C64H114N10O17. The Morgan fingerprint density at radius 2 is 0.934 bits per heavy atom. The Balaban J connectivity index is 4.02. The molecule has 1 aliphatic heterocycles. The summed E-state index contributed by atoms with van der Waals surface area (Å²) in [4.78, 5) is 168. The minimum atomic E-state index is -1.99. The molecule has 1 saturated heterocycles. The van der Waals surface area contributed by atoms with E-state index in [1.54, 1.807) is 69.2 Å². The fourth-order valence-corrected chi connectivity index (χ4v) is 10.3. The first kappa shape index (κ1) is 82.5. The van der Waals surface area contributed by atoms with Gasteiger partial charge in [0.2, 0.25) is 59.1 Å². The maximum Gasteiger partial charge on any atom is 0.329 e. The lowest BCUT2D eigenvalue weighted by Crippen LogP contribution is -2.63. The second kappa shape index (κ2) is 43.4. The number of hydrogen-bond donors (Lipinski definition) is 14. The Morgan fingerprint density at radius 3 is 1.36 bits per heavy atom. The Morgan fingerprint density at radius 1 is 0.505 bits per heavy atom. The van der Waals surface area contributed by atoms with Crippen LogP contribution in [0.25, 0.3) is 0 Å². The van der Waals surface area contributed by atoms with E-state index in [-0.39, 0.29) is 62.2 Å². The van der Waals surface area contributed by atoms with Crippen molar-refractivity contribution in [2.45, 2.75) is 285 Å². The number of esters is 1. The summed E-state index contributed by atoms with van der Waals surface area (Å²) >= 11 is 0. The maximum atomic E-state index is 15.0. The van der Waals surface area contributed by atoms with E-state index in [1.165, 1.54) is 40.0 Å². The molecule has 10 amide bonds. The molecule has 14 N–H and O–H groups in total. The molecule has 0 aromatic carbocycles. The number of amides is 10. The fourth-order valence-electron chi connectivity index (χ4n) is 10.3. The van der Waals surface area contributed by atoms with Gasteiger partial charge in [0.1, 0.15) is 66.5 Å². The van der Waals surface area contributed by atoms with Gasteiger partial charge in [-0.05, 0) is 81.0 Å². The summed E-state index contributed by atoms with van der Waals surface area (Å²) in [5, 5.41) is 67.0. The zero-order valence-electron chi connectivity index (χ0n) is 56.6. The summed E-state index contributed by atoms with van der Waals surface area (Å²) in [6.07, 6.45) is 5.80. The standard InChI is InChI=1S/C64H114N10O17/c1-15-17-18-19-20-21-22-23-24-25-42(77)32-50(78)65-44(28-35(3)4)56(82)66-43(26-27-51(79)80)55(81)74-54-41(14)91-64(90)52(39(11)12)72-61(87)49(34-76)71-58(84)46(30-37(7)8)67-57(83)45(29-36(5)6)68-60(86)48(33-75)70-59(85)47(31-38(9)10)69-62(88)53(40(13)16-2)73-63(54)89/h35-49,52-54,75-77H,15-34H2,1-14H3,(H,65,78)(H,66,82)(H,67,83)(H,68,86)(H,69,88)(H,70,85)(H,71,84)(H,72,87)(H,73,89)(H,74,81)(H,79,80)/t40-,41+,42?,43+,44-,45-,46-,47-,48+,49+,52-,53+,54+/m0/s1. The van der Waals surface area contributed by atoms with Crippen molar-refractivity contribution in [3.63, 3.8) is 0 Å². The van der Waals surface area contributed by atoms with Gasteiger partial charge in [0.05, 0.1) is 25.7 Å². The number of aliphatic carboxylic acids is 1. The molecule has 91 heavy (non-hydrogen) atoms. The van der Waals surface area contributed by atoms with Crippen LogP contribution in [0.15, 0.2) is 0 Å². The molecule has 1 fully saturated rings. The van der Waals surface area contributed by atoms with Crippen molar-refractivity contribution in [1.82, 2.24) is 53.2 Å². The highest BCUT2D eigenvalue weighted by Crippen LogP contribution is 2.18. The van der Waals surface area contributed by atoms with E-state index in [1.807, 2.05) is 0 Å². The molecule has 1 rings (SSSR count). The number of carboxylic acid groups (broad SMARTS) is 1. The van der Waals surface area contributed by atoms with Crippen LogP contribution in [0.5, 0.6) is 0 Å². The predicted octanol–water partition coefficient (Wildman–Crippen LogP) is 2.19. The molecule has 522 valence electrons. The van der Waals surface area contributed by atoms with Gasteiger partial charge >= 0.3 is 11.9 Å². The summed E-state index contributed by atoms with van der Waals surface area (Å²) in [7, 11) is 0. The van der Waals surface area contributed by atoms with Crippen LogP contribution in [-0.4, -0.2) is 177 Å². The van der Waals surface area contributed by atoms with E-state index >= 15 is 0 Å². The third-order valence-corrected chi connectivity index (χ3v) is 15.7. The molecule has 27 nitrogen and oxygen atoms in total. The molecule has 1 unspecified atom stereocenters. The second-order valence-corrected chi connectivity index (χ2v) is 26.5. The number of cyclic esters (lactones) is 1. The topological polar surface area (TPSA) is 415 Å². The third-order valence-electron chi connectivity index (χ3n) is 15.7. The number of carbonyl (C=O) groups excluding carboxylic acids is 11. The first-order chi connectivity index (χ1) is 42.7. The third kappa shape index (κ3) is 32.1. The van der Waals surface area contributed by atoms with E-state index < -0.39 is 182 Å². The summed E-state index contributed by atoms with van der Waals surface area (Å²) in [6.45, 7) is 21.8. The molecule has 1 aliphatic rings. The number of carboxylic acids is 1. The molecule has 0 aromatic rings. The Labute approximate surface area is 538 Å². The van der Waals surface area contributed by atoms with E-state index in [2.05, 4.69) is 60.1 Å². The largest absolute Gasteiger partial charge is 0.481 e. The van der Waals surface area contributed by atoms with Crippen LogP contribution in [0.3, 0.4) is 0 Å². The highest BCUT2D eigenvalue weighted by Gasteiger charge is 2.41. The van der Waals surface area contributed by atoms with E-state index in [4.69, 9.17) is 4.74 Å². The lowest BCUT2D eigenvalue weighted by molar-refractivity contribution is -0.157. The van der Waals surface area contributed by atoms with Gasteiger partial charge in [0, 0.05) is 6.42 Å². The van der Waals surface area contributed by atoms with Gasteiger partial charge in [-0.3, -0.25) is 52.7 Å². The Bertz CT molecular complexity index is 2340. The number of carbonyl (C=O) groups is 12. The van der Waals surface area contributed by atoms with Crippen LogP contribution in [-0.2, 0) is 62.3 Å². The normalized spacial score (nSPS) is 23.6. The van der Waals surface area contributed by atoms with Crippen molar-refractivity contribution < 1.29 is 82.7 Å². The van der Waals surface area contributed by atoms with Crippen molar-refractivity contribution in [1.29, 1.82) is 0 Å². The molecule has 0 spiro atoms. The van der Waals surface area contributed by atoms with Gasteiger partial charge in [-0.25, -0.2) is 4.79 Å². The van der Waals surface area contributed by atoms with Crippen LogP contribution in [0.2, 0.25) is 0 Å². The molecule has 27 heteroatoms. The first-order valence-electron chi connectivity index (χ1n) is 33.0. The number of unbranched alkanes of at least 4 members (excludes halogenated alkanes) is 8. The number of aliphatic hydroxyl groups is 3. The average Bonchev–Trinajstić information content (AvgIpc) is 1.67.